The summed E-state index contributed by atoms with van der Waals surface area (Å²) in [5.74, 6) is 0. The van der Waals surface area contributed by atoms with Crippen molar-refractivity contribution in [2.45, 2.75) is 132 Å². The number of hydrogen-bond donors (Lipinski definition) is 3. The highest BCUT2D eigenvalue weighted by Gasteiger charge is 1.94. The molecule has 0 fully saturated rings. The van der Waals surface area contributed by atoms with E-state index < -0.39 is 0 Å². The van der Waals surface area contributed by atoms with Crippen molar-refractivity contribution in [1.82, 2.24) is 0 Å². The van der Waals surface area contributed by atoms with Gasteiger partial charge in [0.2, 0.25) is 0 Å². The molecule has 0 saturated carbocycles. The molecule has 3 aromatic carbocycles. The Balaban J connectivity index is -0.000000524. The first kappa shape index (κ1) is 44.9. The van der Waals surface area contributed by atoms with Crippen LogP contribution >= 0.6 is 37.9 Å². The number of unbranched alkanes of at least 4 members (excludes halogenated alkanes) is 9. The van der Waals surface area contributed by atoms with Crippen molar-refractivity contribution >= 4 is 37.9 Å². The van der Waals surface area contributed by atoms with Gasteiger partial charge in [-0.2, -0.15) is 0 Å². The van der Waals surface area contributed by atoms with Crippen molar-refractivity contribution < 1.29 is 14.1 Å². The van der Waals surface area contributed by atoms with Gasteiger partial charge >= 0.3 is 0 Å². The van der Waals surface area contributed by atoms with Gasteiger partial charge in [0.15, 0.2) is 0 Å². The van der Waals surface area contributed by atoms with E-state index in [1.54, 1.807) is 0 Å². The lowest BCUT2D eigenvalue weighted by atomic mass is 10.1. The Labute approximate surface area is 272 Å². The van der Waals surface area contributed by atoms with Gasteiger partial charge in [0.25, 0.3) is 0 Å². The van der Waals surface area contributed by atoms with Crippen LogP contribution in [0.2, 0.25) is 0 Å². The topological polar surface area (TPSA) is 0 Å². The number of rotatable bonds is 15. The largest absolute Gasteiger partial charge is 0.269 e. The van der Waals surface area contributed by atoms with Crippen LogP contribution < -0.4 is 0 Å². The maximum Gasteiger partial charge on any atom is 0.00401 e. The summed E-state index contributed by atoms with van der Waals surface area (Å²) in [5, 5.41) is 0. The highest BCUT2D eigenvalue weighted by molar-refractivity contribution is 7.80. The molecule has 0 amide bonds. The van der Waals surface area contributed by atoms with Crippen molar-refractivity contribution in [2.75, 3.05) is 0 Å². The lowest BCUT2D eigenvalue weighted by Crippen LogP contribution is -1.84. The van der Waals surface area contributed by atoms with Gasteiger partial charge in [-0.05, 0) is 91.6 Å². The molecular weight excluding hydrogens is 586 g/mol. The fraction of sp³-hybridized carbons (Fsp3) is 0.500. The SMILES string of the molecule is CCCCCCc1ccc(S)cc1.CCCCCCc1ccc(S)cc1.CCCCCCc1ccc(S)cc1.F.F.F. The monoisotopic (exact) mass is 642 g/mol. The highest BCUT2D eigenvalue weighted by Crippen LogP contribution is 2.13. The van der Waals surface area contributed by atoms with Gasteiger partial charge in [-0.1, -0.05) is 115 Å². The molecule has 3 aromatic rings. The Bertz CT molecular complexity index is 819. The highest BCUT2D eigenvalue weighted by atomic mass is 32.1. The molecule has 6 heteroatoms. The summed E-state index contributed by atoms with van der Waals surface area (Å²) in [4.78, 5) is 3.16. The van der Waals surface area contributed by atoms with E-state index in [4.69, 9.17) is 0 Å². The van der Waals surface area contributed by atoms with Gasteiger partial charge in [0, 0.05) is 14.7 Å². The number of hydrogen-bond acceptors (Lipinski definition) is 3. The van der Waals surface area contributed by atoms with Crippen LogP contribution in [0.25, 0.3) is 0 Å². The zero-order chi connectivity index (χ0) is 28.6. The minimum absolute atomic E-state index is 0. The molecule has 0 aliphatic heterocycles. The lowest BCUT2D eigenvalue weighted by Gasteiger charge is -2.00. The Morgan fingerprint density at radius 1 is 0.333 bits per heavy atom. The molecule has 0 radical (unpaired) electrons. The van der Waals surface area contributed by atoms with Crippen molar-refractivity contribution in [2.24, 2.45) is 0 Å². The molecule has 0 aromatic heterocycles. The molecule has 0 aliphatic rings. The predicted molar refractivity (Wildman–Crippen MR) is 192 cm³/mol. The first-order chi connectivity index (χ1) is 19.0. The number of halogens is 3. The van der Waals surface area contributed by atoms with E-state index in [0.29, 0.717) is 0 Å². The molecule has 0 saturated heterocycles. The third-order valence-corrected chi connectivity index (χ3v) is 7.66. The average molecular weight is 643 g/mol. The quantitative estimate of drug-likeness (QED) is 0.107. The van der Waals surface area contributed by atoms with Gasteiger partial charge in [-0.3, -0.25) is 14.1 Å². The summed E-state index contributed by atoms with van der Waals surface area (Å²) in [5.41, 5.74) is 4.32. The second-order valence-electron chi connectivity index (χ2n) is 10.4. The number of benzene rings is 3. The maximum absolute atomic E-state index is 4.26. The summed E-state index contributed by atoms with van der Waals surface area (Å²) in [6.07, 6.45) is 19.7. The summed E-state index contributed by atoms with van der Waals surface area (Å²) in [6.45, 7) is 6.74. The van der Waals surface area contributed by atoms with Crippen LogP contribution in [0.3, 0.4) is 0 Å². The van der Waals surface area contributed by atoms with Gasteiger partial charge in [-0.25, -0.2) is 0 Å². The van der Waals surface area contributed by atoms with Crippen molar-refractivity contribution in [1.29, 1.82) is 0 Å². The summed E-state index contributed by atoms with van der Waals surface area (Å²) in [7, 11) is 0. The Kier molecular flexibility index (Phi) is 33.1. The summed E-state index contributed by atoms with van der Waals surface area (Å²) >= 11 is 12.8. The molecule has 0 N–H and O–H groups in total. The fourth-order valence-electron chi connectivity index (χ4n) is 4.26. The zero-order valence-corrected chi connectivity index (χ0v) is 28.8. The van der Waals surface area contributed by atoms with Crippen LogP contribution in [0.15, 0.2) is 87.5 Å². The molecule has 0 aliphatic carbocycles. The van der Waals surface area contributed by atoms with E-state index in [-0.39, 0.29) is 14.1 Å². The second kappa shape index (κ2) is 30.9. The number of thiol groups is 3. The zero-order valence-electron chi connectivity index (χ0n) is 26.1. The molecule has 0 bridgehead atoms. The molecule has 0 atom stereocenters. The minimum Gasteiger partial charge on any atom is -0.269 e. The van der Waals surface area contributed by atoms with Gasteiger partial charge < -0.3 is 0 Å². The van der Waals surface area contributed by atoms with Crippen LogP contribution in [0.1, 0.15) is 115 Å². The fourth-order valence-corrected chi connectivity index (χ4v) is 4.70. The van der Waals surface area contributed by atoms with Crippen LogP contribution in [0.4, 0.5) is 14.1 Å². The van der Waals surface area contributed by atoms with Crippen LogP contribution in [0.5, 0.6) is 0 Å². The number of aryl methyl sites for hydroxylation is 3. The Hall–Kier alpha value is -1.50. The van der Waals surface area contributed by atoms with E-state index in [0.717, 1.165) is 14.7 Å². The van der Waals surface area contributed by atoms with Crippen molar-refractivity contribution in [3.8, 4) is 0 Å². The molecule has 0 heterocycles. The first-order valence-electron chi connectivity index (χ1n) is 15.3. The van der Waals surface area contributed by atoms with E-state index in [9.17, 15) is 0 Å². The maximum atomic E-state index is 4.26. The van der Waals surface area contributed by atoms with Crippen LogP contribution in [-0.4, -0.2) is 0 Å². The third-order valence-electron chi connectivity index (χ3n) is 6.77. The van der Waals surface area contributed by atoms with Crippen molar-refractivity contribution in [3.63, 3.8) is 0 Å². The van der Waals surface area contributed by atoms with E-state index in [2.05, 4.69) is 131 Å². The molecule has 0 unspecified atom stereocenters. The first-order valence-corrected chi connectivity index (χ1v) is 16.7. The molecule has 240 valence electrons. The molecule has 0 spiro atoms. The van der Waals surface area contributed by atoms with E-state index in [1.165, 1.54) is 113 Å². The molecule has 0 nitrogen and oxygen atoms in total. The second-order valence-corrected chi connectivity index (χ2v) is 12.0. The van der Waals surface area contributed by atoms with E-state index in [1.807, 2.05) is 0 Å². The Morgan fingerprint density at radius 2 is 0.548 bits per heavy atom. The smallest absolute Gasteiger partial charge is 0.00401 e. The Morgan fingerprint density at radius 3 is 0.738 bits per heavy atom. The normalized spacial score (nSPS) is 9.57. The van der Waals surface area contributed by atoms with Crippen LogP contribution in [-0.2, 0) is 19.3 Å². The van der Waals surface area contributed by atoms with Gasteiger partial charge in [-0.15, -0.1) is 37.9 Å². The van der Waals surface area contributed by atoms with Gasteiger partial charge in [0.1, 0.15) is 0 Å². The van der Waals surface area contributed by atoms with E-state index >= 15 is 0 Å². The summed E-state index contributed by atoms with van der Waals surface area (Å²) in [6, 6.07) is 25.5. The standard InChI is InChI=1S/3C12H18S.3FH/c3*1-2-3-4-5-6-11-7-9-12(13)10-8-11;;;/h3*7-10,13H,2-6H2,1H3;3*1H. The predicted octanol–water partition coefficient (Wildman–Crippen LogP) is 12.8. The van der Waals surface area contributed by atoms with Gasteiger partial charge in [0.05, 0.1) is 0 Å². The molecule has 3 rings (SSSR count). The molecular formula is C36H57F3S3. The average Bonchev–Trinajstić information content (AvgIpc) is 2.95. The summed E-state index contributed by atoms with van der Waals surface area (Å²) < 4.78 is 0. The third kappa shape index (κ3) is 25.0. The molecule has 42 heavy (non-hydrogen) atoms. The van der Waals surface area contributed by atoms with Crippen molar-refractivity contribution in [3.05, 3.63) is 89.5 Å². The lowest BCUT2D eigenvalue weighted by molar-refractivity contribution is 0.667. The minimum atomic E-state index is 0. The van der Waals surface area contributed by atoms with Crippen LogP contribution in [0, 0.1) is 0 Å².